The summed E-state index contributed by atoms with van der Waals surface area (Å²) >= 11 is 0. The number of rotatable bonds is 5. The van der Waals surface area contributed by atoms with E-state index in [1.807, 2.05) is 36.4 Å². The van der Waals surface area contributed by atoms with Crippen molar-refractivity contribution in [1.82, 2.24) is 4.98 Å². The molecule has 2 aromatic carbocycles. The molecule has 6 nitrogen and oxygen atoms in total. The lowest BCUT2D eigenvalue weighted by Crippen LogP contribution is -2.34. The van der Waals surface area contributed by atoms with Crippen LogP contribution >= 0.6 is 0 Å². The largest absolute Gasteiger partial charge is 0.494 e. The molecule has 0 atom stereocenters. The van der Waals surface area contributed by atoms with Crippen LogP contribution in [0.25, 0.3) is 22.6 Å². The van der Waals surface area contributed by atoms with Gasteiger partial charge < -0.3 is 19.9 Å². The molecule has 0 aliphatic carbocycles. The van der Waals surface area contributed by atoms with E-state index < -0.39 is 0 Å². The second-order valence-electron chi connectivity index (χ2n) is 6.15. The third-order valence-electron chi connectivity index (χ3n) is 3.75. The standard InChI is InChI=1S/C18H22N4O2/c1-11(2)10-22(20)14-8-7-12(9-13(14)19)18-21-17-15(23-3)5-4-6-16(17)24-18/h4-9,11H,10,19-20H2,1-3H3. The van der Waals surface area contributed by atoms with Gasteiger partial charge in [0.15, 0.2) is 11.1 Å². The van der Waals surface area contributed by atoms with E-state index in [4.69, 9.17) is 20.7 Å². The summed E-state index contributed by atoms with van der Waals surface area (Å²) in [6, 6.07) is 11.2. The highest BCUT2D eigenvalue weighted by Gasteiger charge is 2.14. The Morgan fingerprint density at radius 3 is 2.71 bits per heavy atom. The molecule has 6 heteroatoms. The number of hydrogen-bond acceptors (Lipinski definition) is 6. The molecule has 126 valence electrons. The quantitative estimate of drug-likeness (QED) is 0.424. The highest BCUT2D eigenvalue weighted by molar-refractivity contribution is 5.83. The minimum atomic E-state index is 0.443. The van der Waals surface area contributed by atoms with Gasteiger partial charge in [0.25, 0.3) is 0 Å². The van der Waals surface area contributed by atoms with Crippen LogP contribution in [0, 0.1) is 5.92 Å². The number of hydrogen-bond donors (Lipinski definition) is 2. The van der Waals surface area contributed by atoms with Gasteiger partial charge in [-0.2, -0.15) is 0 Å². The number of nitrogens with zero attached hydrogens (tertiary/aromatic N) is 2. The second-order valence-corrected chi connectivity index (χ2v) is 6.15. The average Bonchev–Trinajstić information content (AvgIpc) is 2.98. The summed E-state index contributed by atoms with van der Waals surface area (Å²) in [5, 5.41) is 1.67. The number of hydrazine groups is 1. The lowest BCUT2D eigenvalue weighted by Gasteiger charge is -2.22. The highest BCUT2D eigenvalue weighted by Crippen LogP contribution is 2.32. The van der Waals surface area contributed by atoms with E-state index in [2.05, 4.69) is 18.8 Å². The van der Waals surface area contributed by atoms with Crippen LogP contribution in [0.5, 0.6) is 5.75 Å². The molecule has 0 aliphatic heterocycles. The third-order valence-corrected chi connectivity index (χ3v) is 3.75. The predicted octanol–water partition coefficient (Wildman–Crippen LogP) is 3.42. The number of aromatic nitrogens is 1. The molecule has 0 radical (unpaired) electrons. The first kappa shape index (κ1) is 16.1. The van der Waals surface area contributed by atoms with Crippen LogP contribution in [0.4, 0.5) is 11.4 Å². The Balaban J connectivity index is 1.97. The fraction of sp³-hybridized carbons (Fsp3) is 0.278. The van der Waals surface area contributed by atoms with Crippen molar-refractivity contribution in [1.29, 1.82) is 0 Å². The summed E-state index contributed by atoms with van der Waals surface area (Å²) in [5.74, 6) is 7.70. The van der Waals surface area contributed by atoms with E-state index in [9.17, 15) is 0 Å². The molecule has 0 spiro atoms. The summed E-state index contributed by atoms with van der Waals surface area (Å²) in [4.78, 5) is 4.53. The van der Waals surface area contributed by atoms with Crippen LogP contribution in [-0.2, 0) is 0 Å². The molecule has 0 bridgehead atoms. The van der Waals surface area contributed by atoms with E-state index in [1.54, 1.807) is 12.1 Å². The third kappa shape index (κ3) is 3.00. The van der Waals surface area contributed by atoms with Gasteiger partial charge >= 0.3 is 0 Å². The van der Waals surface area contributed by atoms with Crippen LogP contribution in [0.3, 0.4) is 0 Å². The maximum absolute atomic E-state index is 6.17. The smallest absolute Gasteiger partial charge is 0.227 e. The zero-order chi connectivity index (χ0) is 17.3. The molecule has 24 heavy (non-hydrogen) atoms. The Kier molecular flexibility index (Phi) is 4.31. The number of para-hydroxylation sites is 1. The minimum Gasteiger partial charge on any atom is -0.494 e. The normalized spacial score (nSPS) is 11.2. The number of nitrogens with two attached hydrogens (primary N) is 2. The van der Waals surface area contributed by atoms with Crippen molar-refractivity contribution in [3.63, 3.8) is 0 Å². The van der Waals surface area contributed by atoms with E-state index >= 15 is 0 Å². The number of nitrogen functional groups attached to an aromatic ring is 1. The van der Waals surface area contributed by atoms with Gasteiger partial charge in [-0.3, -0.25) is 0 Å². The van der Waals surface area contributed by atoms with Crippen LogP contribution in [0.2, 0.25) is 0 Å². The van der Waals surface area contributed by atoms with Crippen molar-refractivity contribution in [2.24, 2.45) is 11.8 Å². The monoisotopic (exact) mass is 326 g/mol. The molecule has 0 unspecified atom stereocenters. The molecule has 0 saturated heterocycles. The van der Waals surface area contributed by atoms with Crippen molar-refractivity contribution in [2.45, 2.75) is 13.8 Å². The summed E-state index contributed by atoms with van der Waals surface area (Å²) in [5.41, 5.74) is 9.71. The maximum Gasteiger partial charge on any atom is 0.227 e. The fourth-order valence-corrected chi connectivity index (χ4v) is 2.65. The van der Waals surface area contributed by atoms with Gasteiger partial charge in [0.2, 0.25) is 5.89 Å². The summed E-state index contributed by atoms with van der Waals surface area (Å²) in [6.45, 7) is 4.94. The van der Waals surface area contributed by atoms with Gasteiger partial charge in [-0.15, -0.1) is 0 Å². The van der Waals surface area contributed by atoms with Crippen molar-refractivity contribution >= 4 is 22.5 Å². The zero-order valence-electron chi connectivity index (χ0n) is 14.1. The van der Waals surface area contributed by atoms with Crippen molar-refractivity contribution in [3.05, 3.63) is 36.4 Å². The Labute approximate surface area is 141 Å². The van der Waals surface area contributed by atoms with Gasteiger partial charge in [0.1, 0.15) is 5.75 Å². The first-order valence-electron chi connectivity index (χ1n) is 7.85. The molecule has 0 amide bonds. The second kappa shape index (κ2) is 6.41. The topological polar surface area (TPSA) is 90.5 Å². The number of benzene rings is 2. The summed E-state index contributed by atoms with van der Waals surface area (Å²) in [6.07, 6.45) is 0. The Bertz CT molecular complexity index is 857. The Morgan fingerprint density at radius 1 is 1.25 bits per heavy atom. The first-order chi connectivity index (χ1) is 11.5. The van der Waals surface area contributed by atoms with Gasteiger partial charge in [-0.1, -0.05) is 19.9 Å². The number of fused-ring (bicyclic) bond motifs is 1. The number of methoxy groups -OCH3 is 1. The van der Waals surface area contributed by atoms with Gasteiger partial charge in [-0.05, 0) is 36.2 Å². The Morgan fingerprint density at radius 2 is 2.04 bits per heavy atom. The predicted molar refractivity (Wildman–Crippen MR) is 96.8 cm³/mol. The molecule has 0 aliphatic rings. The molecule has 0 fully saturated rings. The minimum absolute atomic E-state index is 0.443. The van der Waals surface area contributed by atoms with Crippen molar-refractivity contribution in [2.75, 3.05) is 24.4 Å². The molecule has 1 aromatic heterocycles. The molecular formula is C18H22N4O2. The molecule has 0 saturated carbocycles. The van der Waals surface area contributed by atoms with E-state index in [0.717, 1.165) is 17.8 Å². The summed E-state index contributed by atoms with van der Waals surface area (Å²) in [7, 11) is 1.61. The summed E-state index contributed by atoms with van der Waals surface area (Å²) < 4.78 is 11.1. The van der Waals surface area contributed by atoms with Crippen LogP contribution in [0.15, 0.2) is 40.8 Å². The van der Waals surface area contributed by atoms with Crippen LogP contribution in [0.1, 0.15) is 13.8 Å². The average molecular weight is 326 g/mol. The molecule has 3 aromatic rings. The molecular weight excluding hydrogens is 304 g/mol. The number of anilines is 2. The maximum atomic E-state index is 6.17. The van der Waals surface area contributed by atoms with Gasteiger partial charge in [0.05, 0.1) is 18.5 Å². The zero-order valence-corrected chi connectivity index (χ0v) is 14.1. The number of oxazole rings is 1. The Hall–Kier alpha value is -2.73. The first-order valence-corrected chi connectivity index (χ1v) is 7.85. The van der Waals surface area contributed by atoms with Crippen LogP contribution in [-0.4, -0.2) is 18.6 Å². The van der Waals surface area contributed by atoms with E-state index in [1.165, 1.54) is 0 Å². The van der Waals surface area contributed by atoms with Crippen molar-refractivity contribution < 1.29 is 9.15 Å². The molecule has 3 rings (SSSR count). The van der Waals surface area contributed by atoms with Gasteiger partial charge in [0, 0.05) is 12.1 Å². The SMILES string of the molecule is COc1cccc2oc(-c3ccc(N(N)CC(C)C)c(N)c3)nc12. The molecule has 4 N–H and O–H groups in total. The number of ether oxygens (including phenoxy) is 1. The lowest BCUT2D eigenvalue weighted by molar-refractivity contribution is 0.419. The molecule has 1 heterocycles. The fourth-order valence-electron chi connectivity index (χ4n) is 2.65. The van der Waals surface area contributed by atoms with E-state index in [-0.39, 0.29) is 0 Å². The van der Waals surface area contributed by atoms with Crippen LogP contribution < -0.4 is 21.3 Å². The lowest BCUT2D eigenvalue weighted by atomic mass is 10.1. The van der Waals surface area contributed by atoms with Crippen molar-refractivity contribution in [3.8, 4) is 17.2 Å². The highest BCUT2D eigenvalue weighted by atomic mass is 16.5. The van der Waals surface area contributed by atoms with Gasteiger partial charge in [-0.25, -0.2) is 10.8 Å². The van der Waals surface area contributed by atoms with E-state index in [0.29, 0.717) is 34.3 Å².